The van der Waals surface area contributed by atoms with Gasteiger partial charge < -0.3 is 5.32 Å². The van der Waals surface area contributed by atoms with Crippen LogP contribution >= 0.6 is 0 Å². The molecular formula is C22H19N. The topological polar surface area (TPSA) is 12.0 Å². The second-order valence-corrected chi connectivity index (χ2v) is 6.02. The van der Waals surface area contributed by atoms with Crippen molar-refractivity contribution in [1.82, 2.24) is 0 Å². The molecule has 1 heteroatoms. The molecule has 112 valence electrons. The van der Waals surface area contributed by atoms with Crippen LogP contribution in [0.5, 0.6) is 0 Å². The van der Waals surface area contributed by atoms with Gasteiger partial charge in [0.1, 0.15) is 0 Å². The first-order valence-electron chi connectivity index (χ1n) is 8.01. The van der Waals surface area contributed by atoms with Crippen LogP contribution in [-0.2, 0) is 6.54 Å². The Balaban J connectivity index is 1.81. The molecule has 0 aromatic heterocycles. The van der Waals surface area contributed by atoms with E-state index in [0.29, 0.717) is 0 Å². The number of benzene rings is 4. The fourth-order valence-electron chi connectivity index (χ4n) is 3.16. The van der Waals surface area contributed by atoms with E-state index in [1.165, 1.54) is 32.7 Å². The number of rotatable bonds is 3. The number of aryl methyl sites for hydroxylation is 1. The maximum atomic E-state index is 3.57. The predicted octanol–water partition coefficient (Wildman–Crippen LogP) is 5.91. The molecule has 0 atom stereocenters. The van der Waals surface area contributed by atoms with Gasteiger partial charge in [0.15, 0.2) is 0 Å². The summed E-state index contributed by atoms with van der Waals surface area (Å²) in [5.74, 6) is 0. The Labute approximate surface area is 136 Å². The van der Waals surface area contributed by atoms with Gasteiger partial charge in [-0.25, -0.2) is 0 Å². The largest absolute Gasteiger partial charge is 0.381 e. The first kappa shape index (κ1) is 13.8. The molecule has 0 heterocycles. The summed E-state index contributed by atoms with van der Waals surface area (Å²) in [4.78, 5) is 0. The molecule has 0 spiro atoms. The Hall–Kier alpha value is -2.80. The minimum atomic E-state index is 0.824. The smallest absolute Gasteiger partial charge is 0.0413 e. The molecule has 0 aliphatic heterocycles. The molecule has 0 unspecified atom stereocenters. The molecule has 4 rings (SSSR count). The quantitative estimate of drug-likeness (QED) is 0.463. The molecule has 4 aromatic carbocycles. The zero-order chi connectivity index (χ0) is 15.6. The summed E-state index contributed by atoms with van der Waals surface area (Å²) in [6.07, 6.45) is 0. The molecule has 0 radical (unpaired) electrons. The standard InChI is InChI=1S/C22H19N/c1-16-10-12-19(13-11-16)23-15-22-20-8-4-2-6-17(20)14-18-7-3-5-9-21(18)22/h2-14,23H,15H2,1H3. The van der Waals surface area contributed by atoms with Gasteiger partial charge >= 0.3 is 0 Å². The van der Waals surface area contributed by atoms with E-state index in [1.807, 2.05) is 0 Å². The summed E-state index contributed by atoms with van der Waals surface area (Å²) in [5, 5.41) is 8.82. The molecule has 0 aliphatic carbocycles. The normalized spacial score (nSPS) is 11.0. The van der Waals surface area contributed by atoms with Crippen molar-refractivity contribution < 1.29 is 0 Å². The van der Waals surface area contributed by atoms with Crippen LogP contribution in [0.25, 0.3) is 21.5 Å². The average Bonchev–Trinajstić information content (AvgIpc) is 2.60. The second-order valence-electron chi connectivity index (χ2n) is 6.02. The van der Waals surface area contributed by atoms with E-state index in [9.17, 15) is 0 Å². The third-order valence-corrected chi connectivity index (χ3v) is 4.40. The fraction of sp³-hybridized carbons (Fsp3) is 0.0909. The number of hydrogen-bond acceptors (Lipinski definition) is 1. The van der Waals surface area contributed by atoms with E-state index in [0.717, 1.165) is 12.2 Å². The molecule has 1 nitrogen and oxygen atoms in total. The fourth-order valence-corrected chi connectivity index (χ4v) is 3.16. The van der Waals surface area contributed by atoms with Gasteiger partial charge in [-0.15, -0.1) is 0 Å². The highest BCUT2D eigenvalue weighted by molar-refractivity contribution is 6.02. The zero-order valence-corrected chi connectivity index (χ0v) is 13.2. The molecule has 0 fully saturated rings. The summed E-state index contributed by atoms with van der Waals surface area (Å²) in [7, 11) is 0. The van der Waals surface area contributed by atoms with Crippen molar-refractivity contribution in [2.45, 2.75) is 13.5 Å². The SMILES string of the molecule is Cc1ccc(NCc2c3ccccc3cc3ccccc23)cc1. The number of anilines is 1. The van der Waals surface area contributed by atoms with Crippen LogP contribution in [0.2, 0.25) is 0 Å². The van der Waals surface area contributed by atoms with Gasteiger partial charge in [-0.1, -0.05) is 66.2 Å². The summed E-state index contributed by atoms with van der Waals surface area (Å²) in [6.45, 7) is 2.94. The van der Waals surface area contributed by atoms with Gasteiger partial charge in [0, 0.05) is 12.2 Å². The van der Waals surface area contributed by atoms with Crippen LogP contribution < -0.4 is 5.32 Å². The van der Waals surface area contributed by atoms with Crippen LogP contribution in [0.1, 0.15) is 11.1 Å². The highest BCUT2D eigenvalue weighted by Crippen LogP contribution is 2.29. The summed E-state index contributed by atoms with van der Waals surface area (Å²) < 4.78 is 0. The molecular weight excluding hydrogens is 278 g/mol. The average molecular weight is 297 g/mol. The van der Waals surface area contributed by atoms with Crippen molar-refractivity contribution in [1.29, 1.82) is 0 Å². The van der Waals surface area contributed by atoms with Crippen molar-refractivity contribution in [3.63, 3.8) is 0 Å². The van der Waals surface area contributed by atoms with Crippen LogP contribution in [-0.4, -0.2) is 0 Å². The van der Waals surface area contributed by atoms with Gasteiger partial charge in [-0.3, -0.25) is 0 Å². The van der Waals surface area contributed by atoms with Gasteiger partial charge in [-0.2, -0.15) is 0 Å². The van der Waals surface area contributed by atoms with Crippen molar-refractivity contribution in [3.05, 3.63) is 90.0 Å². The summed E-state index contributed by atoms with van der Waals surface area (Å²) in [5.41, 5.74) is 3.80. The first-order chi connectivity index (χ1) is 11.3. The molecule has 0 saturated carbocycles. The van der Waals surface area contributed by atoms with Crippen molar-refractivity contribution in [2.75, 3.05) is 5.32 Å². The van der Waals surface area contributed by atoms with Gasteiger partial charge in [0.25, 0.3) is 0 Å². The van der Waals surface area contributed by atoms with E-state index in [1.54, 1.807) is 0 Å². The van der Waals surface area contributed by atoms with Gasteiger partial charge in [-0.05, 0) is 52.2 Å². The lowest BCUT2D eigenvalue weighted by molar-refractivity contribution is 1.18. The number of hydrogen-bond donors (Lipinski definition) is 1. The molecule has 0 saturated heterocycles. The number of fused-ring (bicyclic) bond motifs is 2. The van der Waals surface area contributed by atoms with E-state index in [4.69, 9.17) is 0 Å². The summed E-state index contributed by atoms with van der Waals surface area (Å²) >= 11 is 0. The summed E-state index contributed by atoms with van der Waals surface area (Å²) in [6, 6.07) is 28.1. The predicted molar refractivity (Wildman–Crippen MR) is 100.0 cm³/mol. The van der Waals surface area contributed by atoms with Crippen molar-refractivity contribution in [3.8, 4) is 0 Å². The minimum Gasteiger partial charge on any atom is -0.381 e. The monoisotopic (exact) mass is 297 g/mol. The van der Waals surface area contributed by atoms with E-state index in [2.05, 4.69) is 91.1 Å². The Kier molecular flexibility index (Phi) is 3.47. The second kappa shape index (κ2) is 5.77. The van der Waals surface area contributed by atoms with Crippen LogP contribution in [0, 0.1) is 6.92 Å². The Morgan fingerprint density at radius 2 is 1.26 bits per heavy atom. The van der Waals surface area contributed by atoms with Gasteiger partial charge in [0.2, 0.25) is 0 Å². The Morgan fingerprint density at radius 1 is 0.696 bits per heavy atom. The highest BCUT2D eigenvalue weighted by atomic mass is 14.9. The van der Waals surface area contributed by atoms with Crippen LogP contribution in [0.3, 0.4) is 0 Å². The van der Waals surface area contributed by atoms with Crippen LogP contribution in [0.15, 0.2) is 78.9 Å². The van der Waals surface area contributed by atoms with E-state index < -0.39 is 0 Å². The Morgan fingerprint density at radius 3 is 1.87 bits per heavy atom. The molecule has 0 amide bonds. The first-order valence-corrected chi connectivity index (χ1v) is 8.01. The van der Waals surface area contributed by atoms with Gasteiger partial charge in [0.05, 0.1) is 0 Å². The molecule has 0 bridgehead atoms. The number of nitrogens with one attached hydrogen (secondary N) is 1. The Bertz CT molecular complexity index is 914. The highest BCUT2D eigenvalue weighted by Gasteiger charge is 2.07. The molecule has 1 N–H and O–H groups in total. The molecule has 0 aliphatic rings. The lowest BCUT2D eigenvalue weighted by Crippen LogP contribution is -2.01. The molecule has 4 aromatic rings. The maximum absolute atomic E-state index is 3.57. The maximum Gasteiger partial charge on any atom is 0.0413 e. The zero-order valence-electron chi connectivity index (χ0n) is 13.2. The van der Waals surface area contributed by atoms with Crippen molar-refractivity contribution in [2.24, 2.45) is 0 Å². The van der Waals surface area contributed by atoms with E-state index in [-0.39, 0.29) is 0 Å². The van der Waals surface area contributed by atoms with E-state index >= 15 is 0 Å². The third kappa shape index (κ3) is 2.66. The van der Waals surface area contributed by atoms with Crippen molar-refractivity contribution >= 4 is 27.2 Å². The lowest BCUT2D eigenvalue weighted by atomic mass is 9.96. The third-order valence-electron chi connectivity index (χ3n) is 4.40. The lowest BCUT2D eigenvalue weighted by Gasteiger charge is -2.13. The molecule has 23 heavy (non-hydrogen) atoms. The van der Waals surface area contributed by atoms with Crippen LogP contribution in [0.4, 0.5) is 5.69 Å². The minimum absolute atomic E-state index is 0.824.